The lowest BCUT2D eigenvalue weighted by Gasteiger charge is -2.11. The molecule has 1 N–H and O–H groups in total. The molecule has 0 aromatic heterocycles. The first-order chi connectivity index (χ1) is 11.1. The van der Waals surface area contributed by atoms with Gasteiger partial charge in [0.1, 0.15) is 0 Å². The van der Waals surface area contributed by atoms with Crippen molar-refractivity contribution >= 4 is 45.6 Å². The molecular formula is C19H13Cl2NO. The van der Waals surface area contributed by atoms with E-state index in [2.05, 4.69) is 17.4 Å². The number of hydrogen-bond donors (Lipinski definition) is 1. The fraction of sp³-hybridized carbons (Fsp3) is 0.105. The Bertz CT molecular complexity index is 939. The van der Waals surface area contributed by atoms with Crippen LogP contribution in [0.4, 0.5) is 5.69 Å². The van der Waals surface area contributed by atoms with Gasteiger partial charge in [-0.1, -0.05) is 47.5 Å². The number of aryl methyl sites for hydroxylation is 2. The van der Waals surface area contributed by atoms with Crippen LogP contribution in [0.15, 0.2) is 48.5 Å². The Labute approximate surface area is 144 Å². The van der Waals surface area contributed by atoms with E-state index in [0.29, 0.717) is 21.3 Å². The van der Waals surface area contributed by atoms with Crippen molar-refractivity contribution in [2.24, 2.45) is 0 Å². The predicted molar refractivity (Wildman–Crippen MR) is 95.8 cm³/mol. The Kier molecular flexibility index (Phi) is 3.51. The lowest BCUT2D eigenvalue weighted by molar-refractivity contribution is 0.102. The van der Waals surface area contributed by atoms with Crippen molar-refractivity contribution in [3.8, 4) is 0 Å². The Morgan fingerprint density at radius 2 is 1.74 bits per heavy atom. The molecule has 0 unspecified atom stereocenters. The van der Waals surface area contributed by atoms with Crippen molar-refractivity contribution in [2.45, 2.75) is 12.8 Å². The van der Waals surface area contributed by atoms with Crippen LogP contribution in [-0.4, -0.2) is 5.91 Å². The van der Waals surface area contributed by atoms with Crippen LogP contribution in [0.1, 0.15) is 21.5 Å². The van der Waals surface area contributed by atoms with E-state index in [9.17, 15) is 4.79 Å². The monoisotopic (exact) mass is 341 g/mol. The Morgan fingerprint density at radius 3 is 2.52 bits per heavy atom. The molecule has 0 heterocycles. The van der Waals surface area contributed by atoms with Crippen molar-refractivity contribution in [1.29, 1.82) is 0 Å². The van der Waals surface area contributed by atoms with Gasteiger partial charge in [-0.25, -0.2) is 0 Å². The molecule has 4 rings (SSSR count). The quantitative estimate of drug-likeness (QED) is 0.655. The number of carbonyl (C=O) groups excluding carboxylic acids is 1. The third kappa shape index (κ3) is 2.48. The molecule has 0 aliphatic heterocycles. The maximum atomic E-state index is 12.7. The summed E-state index contributed by atoms with van der Waals surface area (Å²) in [5, 5.41) is 6.07. The van der Waals surface area contributed by atoms with E-state index in [1.807, 2.05) is 18.2 Å². The maximum Gasteiger partial charge on any atom is 0.256 e. The summed E-state index contributed by atoms with van der Waals surface area (Å²) in [5.41, 5.74) is 3.86. The van der Waals surface area contributed by atoms with Crippen molar-refractivity contribution in [3.63, 3.8) is 0 Å². The van der Waals surface area contributed by atoms with Crippen LogP contribution in [0.2, 0.25) is 10.0 Å². The first-order valence-corrected chi connectivity index (χ1v) is 8.19. The molecule has 1 amide bonds. The minimum Gasteiger partial charge on any atom is -0.321 e. The number of benzene rings is 3. The van der Waals surface area contributed by atoms with E-state index in [4.69, 9.17) is 23.2 Å². The van der Waals surface area contributed by atoms with Gasteiger partial charge >= 0.3 is 0 Å². The molecule has 0 saturated carbocycles. The van der Waals surface area contributed by atoms with Crippen LogP contribution in [0.3, 0.4) is 0 Å². The van der Waals surface area contributed by atoms with Crippen LogP contribution >= 0.6 is 23.2 Å². The van der Waals surface area contributed by atoms with E-state index in [0.717, 1.165) is 18.2 Å². The van der Waals surface area contributed by atoms with Gasteiger partial charge in [-0.3, -0.25) is 4.79 Å². The normalized spacial score (nSPS) is 12.6. The van der Waals surface area contributed by atoms with Crippen molar-refractivity contribution in [3.05, 3.63) is 75.3 Å². The van der Waals surface area contributed by atoms with E-state index < -0.39 is 0 Å². The maximum absolute atomic E-state index is 12.7. The van der Waals surface area contributed by atoms with E-state index in [-0.39, 0.29) is 5.91 Å². The highest BCUT2D eigenvalue weighted by Crippen LogP contribution is 2.33. The molecule has 3 aromatic carbocycles. The topological polar surface area (TPSA) is 29.1 Å². The summed E-state index contributed by atoms with van der Waals surface area (Å²) in [6.07, 6.45) is 2.08. The standard InChI is InChI=1S/C19H13Cl2NO/c20-13-7-9-17(16(21)10-13)22-19(23)15-8-6-12-5-4-11-2-1-3-14(15)18(11)12/h1-3,6-10H,4-5H2,(H,22,23). The summed E-state index contributed by atoms with van der Waals surface area (Å²) in [6.45, 7) is 0. The molecule has 0 atom stereocenters. The summed E-state index contributed by atoms with van der Waals surface area (Å²) in [5.74, 6) is -0.162. The summed E-state index contributed by atoms with van der Waals surface area (Å²) >= 11 is 12.0. The molecule has 1 aliphatic rings. The van der Waals surface area contributed by atoms with Crippen LogP contribution in [0, 0.1) is 0 Å². The zero-order valence-electron chi connectivity index (χ0n) is 12.2. The smallest absolute Gasteiger partial charge is 0.256 e. The Balaban J connectivity index is 1.76. The zero-order chi connectivity index (χ0) is 16.0. The predicted octanol–water partition coefficient (Wildman–Crippen LogP) is 5.50. The Hall–Kier alpha value is -2.03. The number of amides is 1. The van der Waals surface area contributed by atoms with Crippen molar-refractivity contribution in [2.75, 3.05) is 5.32 Å². The van der Waals surface area contributed by atoms with Gasteiger partial charge in [-0.15, -0.1) is 0 Å². The molecule has 114 valence electrons. The lowest BCUT2D eigenvalue weighted by atomic mass is 9.99. The highest BCUT2D eigenvalue weighted by Gasteiger charge is 2.19. The average Bonchev–Trinajstić information content (AvgIpc) is 2.96. The molecular weight excluding hydrogens is 329 g/mol. The summed E-state index contributed by atoms with van der Waals surface area (Å²) in [4.78, 5) is 12.7. The van der Waals surface area contributed by atoms with Gasteiger partial charge in [0.05, 0.1) is 10.7 Å². The third-order valence-corrected chi connectivity index (χ3v) is 4.85. The van der Waals surface area contributed by atoms with Gasteiger partial charge in [0, 0.05) is 10.6 Å². The second kappa shape index (κ2) is 5.55. The number of halogens is 2. The molecule has 23 heavy (non-hydrogen) atoms. The Morgan fingerprint density at radius 1 is 0.957 bits per heavy atom. The van der Waals surface area contributed by atoms with Gasteiger partial charge in [0.25, 0.3) is 5.91 Å². The van der Waals surface area contributed by atoms with Gasteiger partial charge in [-0.2, -0.15) is 0 Å². The molecule has 0 spiro atoms. The molecule has 0 saturated heterocycles. The van der Waals surface area contributed by atoms with Gasteiger partial charge in [0.15, 0.2) is 0 Å². The first-order valence-electron chi connectivity index (χ1n) is 7.43. The lowest BCUT2D eigenvalue weighted by Crippen LogP contribution is -2.13. The van der Waals surface area contributed by atoms with Crippen molar-refractivity contribution in [1.82, 2.24) is 0 Å². The molecule has 4 heteroatoms. The summed E-state index contributed by atoms with van der Waals surface area (Å²) in [7, 11) is 0. The number of rotatable bonds is 2. The molecule has 0 radical (unpaired) electrons. The molecule has 0 bridgehead atoms. The van der Waals surface area contributed by atoms with Gasteiger partial charge < -0.3 is 5.32 Å². The SMILES string of the molecule is O=C(Nc1ccc(Cl)cc1Cl)c1ccc2c3c(cccc13)CC2. The van der Waals surface area contributed by atoms with Crippen LogP contribution in [0.25, 0.3) is 10.8 Å². The van der Waals surface area contributed by atoms with Crippen molar-refractivity contribution < 1.29 is 4.79 Å². The number of anilines is 1. The molecule has 0 fully saturated rings. The number of carbonyl (C=O) groups is 1. The highest BCUT2D eigenvalue weighted by molar-refractivity contribution is 6.37. The highest BCUT2D eigenvalue weighted by atomic mass is 35.5. The molecule has 1 aliphatic carbocycles. The fourth-order valence-corrected chi connectivity index (χ4v) is 3.68. The zero-order valence-corrected chi connectivity index (χ0v) is 13.7. The van der Waals surface area contributed by atoms with E-state index in [1.54, 1.807) is 18.2 Å². The number of hydrogen-bond acceptors (Lipinski definition) is 1. The minimum atomic E-state index is -0.162. The first kappa shape index (κ1) is 14.6. The summed E-state index contributed by atoms with van der Waals surface area (Å²) in [6, 6.07) is 15.1. The molecule has 3 aromatic rings. The second-order valence-corrected chi connectivity index (χ2v) is 6.53. The second-order valence-electron chi connectivity index (χ2n) is 5.69. The van der Waals surface area contributed by atoms with Crippen LogP contribution in [-0.2, 0) is 12.8 Å². The summed E-state index contributed by atoms with van der Waals surface area (Å²) < 4.78 is 0. The van der Waals surface area contributed by atoms with E-state index >= 15 is 0 Å². The van der Waals surface area contributed by atoms with E-state index in [1.165, 1.54) is 16.5 Å². The van der Waals surface area contributed by atoms with Crippen LogP contribution < -0.4 is 5.32 Å². The average molecular weight is 342 g/mol. The largest absolute Gasteiger partial charge is 0.321 e. The fourth-order valence-electron chi connectivity index (χ4n) is 3.23. The minimum absolute atomic E-state index is 0.162. The third-order valence-electron chi connectivity index (χ3n) is 4.30. The van der Waals surface area contributed by atoms with Crippen LogP contribution in [0.5, 0.6) is 0 Å². The van der Waals surface area contributed by atoms with Gasteiger partial charge in [-0.05, 0) is 59.0 Å². The number of nitrogens with one attached hydrogen (secondary N) is 1. The van der Waals surface area contributed by atoms with Gasteiger partial charge in [0.2, 0.25) is 0 Å². The molecule has 2 nitrogen and oxygen atoms in total.